The molecule has 0 aliphatic carbocycles. The molecule has 0 saturated carbocycles. The number of allylic oxidation sites excluding steroid dienone is 1. The Kier molecular flexibility index (Phi) is 7.35. The first-order chi connectivity index (χ1) is 15.7. The summed E-state index contributed by atoms with van der Waals surface area (Å²) < 4.78 is 68.5. The molecule has 0 unspecified atom stereocenters. The molecule has 4 nitrogen and oxygen atoms in total. The zero-order valence-corrected chi connectivity index (χ0v) is 17.8. The molecule has 0 spiro atoms. The van der Waals surface area contributed by atoms with Crippen molar-refractivity contribution in [2.45, 2.75) is 0 Å². The molecule has 0 atom stereocenters. The van der Waals surface area contributed by atoms with Crippen molar-refractivity contribution < 1.29 is 31.6 Å². The molecule has 3 aromatic rings. The zero-order valence-electron chi connectivity index (χ0n) is 16.3. The highest BCUT2D eigenvalue weighted by Crippen LogP contribution is 2.24. The minimum atomic E-state index is -2.40. The first kappa shape index (κ1) is 23.8. The van der Waals surface area contributed by atoms with Crippen LogP contribution in [-0.2, 0) is 4.84 Å². The Balaban J connectivity index is 1.99. The van der Waals surface area contributed by atoms with E-state index in [9.17, 15) is 26.7 Å². The van der Waals surface area contributed by atoms with E-state index in [-0.39, 0.29) is 5.71 Å². The van der Waals surface area contributed by atoms with Gasteiger partial charge in [-0.25, -0.2) is 26.7 Å². The minimum absolute atomic E-state index is 0.0308. The van der Waals surface area contributed by atoms with Crippen LogP contribution >= 0.6 is 15.9 Å². The molecule has 0 heterocycles. The summed E-state index contributed by atoms with van der Waals surface area (Å²) in [7, 11) is 0. The van der Waals surface area contributed by atoms with E-state index in [4.69, 9.17) is 5.26 Å². The number of nitrogens with zero attached hydrogens (tertiary/aromatic N) is 2. The summed E-state index contributed by atoms with van der Waals surface area (Å²) >= 11 is 3.31. The molecule has 3 aromatic carbocycles. The van der Waals surface area contributed by atoms with E-state index in [1.54, 1.807) is 30.3 Å². The summed E-state index contributed by atoms with van der Waals surface area (Å²) in [5.41, 5.74) is -0.434. The van der Waals surface area contributed by atoms with Crippen LogP contribution in [0.1, 0.15) is 27.0 Å². The fraction of sp³-hybridized carbons (Fsp3) is 0. The number of hydrogen-bond donors (Lipinski definition) is 0. The van der Waals surface area contributed by atoms with Crippen molar-refractivity contribution in [3.8, 4) is 6.07 Å². The Labute approximate surface area is 192 Å². The Hall–Kier alpha value is -3.84. The lowest BCUT2D eigenvalue weighted by Crippen LogP contribution is -2.14. The van der Waals surface area contributed by atoms with E-state index in [1.165, 1.54) is 30.3 Å². The number of oxime groups is 1. The number of carbonyl (C=O) groups is 1. The maximum absolute atomic E-state index is 13.9. The van der Waals surface area contributed by atoms with Crippen LogP contribution in [0.15, 0.2) is 64.2 Å². The van der Waals surface area contributed by atoms with Crippen LogP contribution in [0.25, 0.3) is 6.08 Å². The van der Waals surface area contributed by atoms with E-state index < -0.39 is 40.6 Å². The van der Waals surface area contributed by atoms with Crippen LogP contribution in [0.2, 0.25) is 0 Å². The standard InChI is InChI=1S/C23H10BrF5N2O2/c24-15-3-1-2-12(10-15)6-9-16(14-7-4-13(11-30)5-8-14)31-33-23(32)17-18(25)20(27)22(29)21(28)19(17)26/h1-10H/b9-6+,31-16+. The summed E-state index contributed by atoms with van der Waals surface area (Å²) in [6.07, 6.45) is 2.98. The van der Waals surface area contributed by atoms with Gasteiger partial charge in [0, 0.05) is 10.0 Å². The SMILES string of the molecule is N#Cc1ccc(C(/C=C/c2cccc(Br)c2)=N/OC(=O)c2c(F)c(F)c(F)c(F)c2F)cc1. The molecule has 0 amide bonds. The maximum Gasteiger partial charge on any atom is 0.371 e. The summed E-state index contributed by atoms with van der Waals surface area (Å²) in [4.78, 5) is 16.6. The van der Waals surface area contributed by atoms with Gasteiger partial charge in [-0.15, -0.1) is 0 Å². The number of halogens is 6. The van der Waals surface area contributed by atoms with Crippen LogP contribution in [-0.4, -0.2) is 11.7 Å². The molecule has 0 radical (unpaired) electrons. The number of benzene rings is 3. The monoisotopic (exact) mass is 520 g/mol. The van der Waals surface area contributed by atoms with Gasteiger partial charge in [0.1, 0.15) is 11.3 Å². The molecule has 10 heteroatoms. The van der Waals surface area contributed by atoms with Crippen molar-refractivity contribution in [1.82, 2.24) is 0 Å². The molecule has 0 N–H and O–H groups in total. The van der Waals surface area contributed by atoms with E-state index in [2.05, 4.69) is 25.9 Å². The average molecular weight is 521 g/mol. The summed E-state index contributed by atoms with van der Waals surface area (Å²) in [5, 5.41) is 12.5. The number of nitriles is 1. The molecular weight excluding hydrogens is 511 g/mol. The van der Waals surface area contributed by atoms with Gasteiger partial charge in [0.25, 0.3) is 0 Å². The van der Waals surface area contributed by atoms with Crippen LogP contribution in [0.4, 0.5) is 22.0 Å². The van der Waals surface area contributed by atoms with Gasteiger partial charge in [0.2, 0.25) is 5.82 Å². The molecule has 33 heavy (non-hydrogen) atoms. The molecule has 0 saturated heterocycles. The first-order valence-electron chi connectivity index (χ1n) is 8.98. The van der Waals surface area contributed by atoms with Gasteiger partial charge in [-0.1, -0.05) is 51.4 Å². The van der Waals surface area contributed by atoms with Gasteiger partial charge in [-0.3, -0.25) is 0 Å². The van der Waals surface area contributed by atoms with E-state index in [0.717, 1.165) is 4.47 Å². The van der Waals surface area contributed by atoms with Gasteiger partial charge >= 0.3 is 5.97 Å². The normalized spacial score (nSPS) is 11.5. The molecule has 3 rings (SSSR count). The Morgan fingerprint density at radius 1 is 0.939 bits per heavy atom. The lowest BCUT2D eigenvalue weighted by Gasteiger charge is -2.07. The van der Waals surface area contributed by atoms with E-state index >= 15 is 0 Å². The minimum Gasteiger partial charge on any atom is -0.312 e. The van der Waals surface area contributed by atoms with Crippen molar-refractivity contribution >= 4 is 33.7 Å². The zero-order chi connectivity index (χ0) is 24.1. The topological polar surface area (TPSA) is 62.4 Å². The van der Waals surface area contributed by atoms with Gasteiger partial charge in [0.15, 0.2) is 23.3 Å². The van der Waals surface area contributed by atoms with Gasteiger partial charge in [-0.2, -0.15) is 5.26 Å². The van der Waals surface area contributed by atoms with Crippen molar-refractivity contribution in [2.24, 2.45) is 5.16 Å². The third-order valence-corrected chi connectivity index (χ3v) is 4.73. The summed E-state index contributed by atoms with van der Waals surface area (Å²) in [6, 6.07) is 14.8. The molecule has 0 aliphatic heterocycles. The second kappa shape index (κ2) is 10.2. The predicted octanol–water partition coefficient (Wildman–Crippen LogP) is 6.29. The maximum atomic E-state index is 13.9. The third kappa shape index (κ3) is 5.32. The van der Waals surface area contributed by atoms with Crippen molar-refractivity contribution in [2.75, 3.05) is 0 Å². The molecule has 0 bridgehead atoms. The molecule has 0 aromatic heterocycles. The lowest BCUT2D eigenvalue weighted by molar-refractivity contribution is 0.0502. The van der Waals surface area contributed by atoms with Crippen molar-refractivity contribution in [1.29, 1.82) is 5.26 Å². The van der Waals surface area contributed by atoms with Crippen molar-refractivity contribution in [3.05, 3.63) is 110 Å². The van der Waals surface area contributed by atoms with Crippen LogP contribution in [0.3, 0.4) is 0 Å². The van der Waals surface area contributed by atoms with Gasteiger partial charge in [0.05, 0.1) is 11.6 Å². The smallest absolute Gasteiger partial charge is 0.312 e. The average Bonchev–Trinajstić information content (AvgIpc) is 2.82. The highest BCUT2D eigenvalue weighted by molar-refractivity contribution is 9.10. The van der Waals surface area contributed by atoms with Crippen LogP contribution in [0, 0.1) is 40.4 Å². The fourth-order valence-corrected chi connectivity index (χ4v) is 3.02. The van der Waals surface area contributed by atoms with Gasteiger partial charge < -0.3 is 4.84 Å². The molecule has 166 valence electrons. The predicted molar refractivity (Wildman–Crippen MR) is 113 cm³/mol. The highest BCUT2D eigenvalue weighted by atomic mass is 79.9. The summed E-state index contributed by atoms with van der Waals surface area (Å²) in [5.74, 6) is -13.5. The third-order valence-electron chi connectivity index (χ3n) is 4.23. The van der Waals surface area contributed by atoms with Crippen molar-refractivity contribution in [3.63, 3.8) is 0 Å². The van der Waals surface area contributed by atoms with E-state index in [0.29, 0.717) is 16.7 Å². The van der Waals surface area contributed by atoms with Crippen LogP contribution in [0.5, 0.6) is 0 Å². The first-order valence-corrected chi connectivity index (χ1v) is 9.77. The van der Waals surface area contributed by atoms with Gasteiger partial charge in [-0.05, 0) is 35.9 Å². The van der Waals surface area contributed by atoms with E-state index in [1.807, 2.05) is 6.07 Å². The Morgan fingerprint density at radius 3 is 2.12 bits per heavy atom. The molecular formula is C23H10BrF5N2O2. The number of rotatable bonds is 5. The van der Waals surface area contributed by atoms with Crippen LogP contribution < -0.4 is 0 Å². The highest BCUT2D eigenvalue weighted by Gasteiger charge is 2.31. The summed E-state index contributed by atoms with van der Waals surface area (Å²) in [6.45, 7) is 0. The lowest BCUT2D eigenvalue weighted by atomic mass is 10.1. The second-order valence-electron chi connectivity index (χ2n) is 6.38. The number of hydrogen-bond acceptors (Lipinski definition) is 4. The molecule has 0 aliphatic rings. The molecule has 0 fully saturated rings. The fourth-order valence-electron chi connectivity index (χ4n) is 2.60. The number of carbonyl (C=O) groups excluding carboxylic acids is 1. The quantitative estimate of drug-likeness (QED) is 0.0991. The Morgan fingerprint density at radius 2 is 1.55 bits per heavy atom. The largest absolute Gasteiger partial charge is 0.371 e. The second-order valence-corrected chi connectivity index (χ2v) is 7.29. The Bertz CT molecular complexity index is 1300.